The van der Waals surface area contributed by atoms with Gasteiger partial charge in [-0.1, -0.05) is 25.4 Å². The molecule has 1 atom stereocenters. The second-order valence-corrected chi connectivity index (χ2v) is 7.26. The average Bonchev–Trinajstić information content (AvgIpc) is 2.32. The Bertz CT molecular complexity index is 488. The molecule has 1 heterocycles. The van der Waals surface area contributed by atoms with E-state index in [1.54, 1.807) is 0 Å². The molecule has 0 amide bonds. The molecular weight excluding hydrogens is 307 g/mol. The van der Waals surface area contributed by atoms with Crippen LogP contribution >= 0.6 is 23.4 Å². The van der Waals surface area contributed by atoms with Crippen LogP contribution in [0.4, 0.5) is 18.9 Å². The summed E-state index contributed by atoms with van der Waals surface area (Å²) in [4.78, 5) is 0. The van der Waals surface area contributed by atoms with Crippen molar-refractivity contribution in [2.75, 3.05) is 16.8 Å². The maximum Gasteiger partial charge on any atom is 0.416 e. The summed E-state index contributed by atoms with van der Waals surface area (Å²) in [6.45, 7) is 4.26. The first-order valence-corrected chi connectivity index (χ1v) is 7.94. The van der Waals surface area contributed by atoms with Crippen molar-refractivity contribution in [2.45, 2.75) is 32.5 Å². The Labute approximate surface area is 126 Å². The first-order chi connectivity index (χ1) is 9.20. The van der Waals surface area contributed by atoms with Crippen molar-refractivity contribution in [3.63, 3.8) is 0 Å². The minimum atomic E-state index is -4.35. The number of anilines is 1. The minimum Gasteiger partial charge on any atom is -0.380 e. The zero-order valence-corrected chi connectivity index (χ0v) is 12.9. The van der Waals surface area contributed by atoms with Crippen molar-refractivity contribution in [1.29, 1.82) is 0 Å². The summed E-state index contributed by atoms with van der Waals surface area (Å²) < 4.78 is 38.3. The third-order valence-electron chi connectivity index (χ3n) is 3.74. The zero-order chi connectivity index (χ0) is 15.0. The highest BCUT2D eigenvalue weighted by molar-refractivity contribution is 7.99. The first kappa shape index (κ1) is 15.8. The summed E-state index contributed by atoms with van der Waals surface area (Å²) in [7, 11) is 0. The monoisotopic (exact) mass is 323 g/mol. The predicted octanol–water partition coefficient (Wildman–Crippen LogP) is 5.30. The van der Waals surface area contributed by atoms with E-state index < -0.39 is 11.7 Å². The van der Waals surface area contributed by atoms with E-state index in [1.165, 1.54) is 6.07 Å². The SMILES string of the molecule is CC1(C)CCSCC1Nc1cc(C(F)(F)F)ccc1Cl. The Morgan fingerprint density at radius 1 is 1.35 bits per heavy atom. The summed E-state index contributed by atoms with van der Waals surface area (Å²) >= 11 is 7.83. The lowest BCUT2D eigenvalue weighted by molar-refractivity contribution is -0.137. The molecule has 1 N–H and O–H groups in total. The normalized spacial score (nSPS) is 22.6. The molecule has 0 saturated carbocycles. The average molecular weight is 324 g/mol. The third-order valence-corrected chi connectivity index (χ3v) is 5.13. The lowest BCUT2D eigenvalue weighted by Gasteiger charge is -2.39. The van der Waals surface area contributed by atoms with Gasteiger partial charge in [-0.2, -0.15) is 24.9 Å². The number of hydrogen-bond acceptors (Lipinski definition) is 2. The zero-order valence-electron chi connectivity index (χ0n) is 11.4. The van der Waals surface area contributed by atoms with Crippen LogP contribution < -0.4 is 5.32 Å². The molecule has 20 heavy (non-hydrogen) atoms. The molecule has 1 aromatic carbocycles. The van der Waals surface area contributed by atoms with Gasteiger partial charge in [-0.15, -0.1) is 0 Å². The van der Waals surface area contributed by atoms with Crippen molar-refractivity contribution in [3.8, 4) is 0 Å². The van der Waals surface area contributed by atoms with Gasteiger partial charge in [0.15, 0.2) is 0 Å². The lowest BCUT2D eigenvalue weighted by atomic mass is 9.82. The number of hydrogen-bond donors (Lipinski definition) is 1. The maximum absolute atomic E-state index is 12.8. The Morgan fingerprint density at radius 3 is 2.65 bits per heavy atom. The molecular formula is C14H17ClF3NS. The quantitative estimate of drug-likeness (QED) is 0.792. The minimum absolute atomic E-state index is 0.0445. The van der Waals surface area contributed by atoms with Gasteiger partial charge in [-0.3, -0.25) is 0 Å². The molecule has 1 aliphatic heterocycles. The second kappa shape index (κ2) is 5.68. The Balaban J connectivity index is 2.24. The summed E-state index contributed by atoms with van der Waals surface area (Å²) in [6.07, 6.45) is -3.32. The van der Waals surface area contributed by atoms with Gasteiger partial charge in [0.2, 0.25) is 0 Å². The van der Waals surface area contributed by atoms with Gasteiger partial charge < -0.3 is 5.32 Å². The predicted molar refractivity (Wildman–Crippen MR) is 79.6 cm³/mol. The topological polar surface area (TPSA) is 12.0 Å². The standard InChI is InChI=1S/C14H17ClF3NS/c1-13(2)5-6-20-8-12(13)19-11-7-9(14(16,17)18)3-4-10(11)15/h3-4,7,12,19H,5-6,8H2,1-2H3. The van der Waals surface area contributed by atoms with E-state index in [4.69, 9.17) is 11.6 Å². The highest BCUT2D eigenvalue weighted by Gasteiger charge is 2.34. The molecule has 0 aliphatic carbocycles. The molecule has 0 bridgehead atoms. The number of benzene rings is 1. The first-order valence-electron chi connectivity index (χ1n) is 6.41. The van der Waals surface area contributed by atoms with Crippen LogP contribution in [0.25, 0.3) is 0 Å². The van der Waals surface area contributed by atoms with E-state index in [0.717, 1.165) is 30.1 Å². The van der Waals surface area contributed by atoms with Gasteiger partial charge in [0, 0.05) is 11.8 Å². The number of halogens is 4. The smallest absolute Gasteiger partial charge is 0.380 e. The maximum atomic E-state index is 12.8. The number of alkyl halides is 3. The number of nitrogens with one attached hydrogen (secondary N) is 1. The van der Waals surface area contributed by atoms with Crippen LogP contribution in [0.3, 0.4) is 0 Å². The summed E-state index contributed by atoms with van der Waals surface area (Å²) in [5.41, 5.74) is -0.268. The molecule has 6 heteroatoms. The van der Waals surface area contributed by atoms with Crippen LogP contribution in [0.5, 0.6) is 0 Å². The molecule has 2 rings (SSSR count). The van der Waals surface area contributed by atoms with E-state index in [9.17, 15) is 13.2 Å². The molecule has 1 aromatic rings. The number of thioether (sulfide) groups is 1. The van der Waals surface area contributed by atoms with E-state index in [0.29, 0.717) is 10.7 Å². The highest BCUT2D eigenvalue weighted by Crippen LogP contribution is 2.39. The van der Waals surface area contributed by atoms with Crippen LogP contribution in [0.1, 0.15) is 25.8 Å². The van der Waals surface area contributed by atoms with Gasteiger partial charge in [0.05, 0.1) is 16.3 Å². The summed E-state index contributed by atoms with van der Waals surface area (Å²) in [5, 5.41) is 3.52. The molecule has 0 aromatic heterocycles. The van der Waals surface area contributed by atoms with Crippen LogP contribution in [0.15, 0.2) is 18.2 Å². The van der Waals surface area contributed by atoms with Gasteiger partial charge in [-0.25, -0.2) is 0 Å². The molecule has 1 nitrogen and oxygen atoms in total. The van der Waals surface area contributed by atoms with Gasteiger partial charge in [-0.05, 0) is 35.8 Å². The Hall–Kier alpha value is -0.550. The fraction of sp³-hybridized carbons (Fsp3) is 0.571. The molecule has 1 fully saturated rings. The fourth-order valence-electron chi connectivity index (χ4n) is 2.17. The Morgan fingerprint density at radius 2 is 2.05 bits per heavy atom. The van der Waals surface area contributed by atoms with Crippen molar-refractivity contribution in [1.82, 2.24) is 0 Å². The second-order valence-electron chi connectivity index (χ2n) is 5.70. The van der Waals surface area contributed by atoms with Crippen molar-refractivity contribution in [2.24, 2.45) is 5.41 Å². The van der Waals surface area contributed by atoms with Gasteiger partial charge >= 0.3 is 6.18 Å². The molecule has 0 spiro atoms. The van der Waals surface area contributed by atoms with Crippen LogP contribution in [-0.4, -0.2) is 17.5 Å². The largest absolute Gasteiger partial charge is 0.416 e. The summed E-state index contributed by atoms with van der Waals surface area (Å²) in [6, 6.07) is 3.52. The third kappa shape index (κ3) is 3.55. The van der Waals surface area contributed by atoms with E-state index in [-0.39, 0.29) is 11.5 Å². The summed E-state index contributed by atoms with van der Waals surface area (Å²) in [5.74, 6) is 1.96. The molecule has 1 saturated heterocycles. The van der Waals surface area contributed by atoms with Crippen molar-refractivity contribution in [3.05, 3.63) is 28.8 Å². The molecule has 112 valence electrons. The van der Waals surface area contributed by atoms with Crippen LogP contribution in [-0.2, 0) is 6.18 Å². The van der Waals surface area contributed by atoms with E-state index in [1.807, 2.05) is 11.8 Å². The Kier molecular flexibility index (Phi) is 4.50. The lowest BCUT2D eigenvalue weighted by Crippen LogP contribution is -2.41. The van der Waals surface area contributed by atoms with Gasteiger partial charge in [0.1, 0.15) is 0 Å². The molecule has 0 radical (unpaired) electrons. The molecule has 1 aliphatic rings. The van der Waals surface area contributed by atoms with Crippen LogP contribution in [0.2, 0.25) is 5.02 Å². The fourth-order valence-corrected chi connectivity index (χ4v) is 3.95. The number of rotatable bonds is 2. The van der Waals surface area contributed by atoms with Gasteiger partial charge in [0.25, 0.3) is 0 Å². The van der Waals surface area contributed by atoms with E-state index >= 15 is 0 Å². The van der Waals surface area contributed by atoms with Crippen molar-refractivity contribution < 1.29 is 13.2 Å². The van der Waals surface area contributed by atoms with E-state index in [2.05, 4.69) is 19.2 Å². The van der Waals surface area contributed by atoms with Crippen molar-refractivity contribution >= 4 is 29.1 Å². The highest BCUT2D eigenvalue weighted by atomic mass is 35.5. The van der Waals surface area contributed by atoms with Crippen LogP contribution in [0, 0.1) is 5.41 Å². The molecule has 1 unspecified atom stereocenters.